The van der Waals surface area contributed by atoms with Gasteiger partial charge in [-0.15, -0.1) is 0 Å². The van der Waals surface area contributed by atoms with Crippen LogP contribution in [0.4, 0.5) is 0 Å². The average Bonchev–Trinajstić information content (AvgIpc) is 3.06. The molecule has 0 unspecified atom stereocenters. The van der Waals surface area contributed by atoms with Gasteiger partial charge in [0.1, 0.15) is 5.60 Å². The highest BCUT2D eigenvalue weighted by Gasteiger charge is 2.69. The third-order valence-corrected chi connectivity index (χ3v) is 5.03. The Morgan fingerprint density at radius 3 is 2.10 bits per heavy atom. The fraction of sp³-hybridized carbons (Fsp3) is 0.235. The molecule has 0 amide bonds. The molecule has 20 heavy (non-hydrogen) atoms. The van der Waals surface area contributed by atoms with E-state index in [1.54, 1.807) is 0 Å². The molecule has 0 bridgehead atoms. The zero-order valence-electron chi connectivity index (χ0n) is 11.5. The van der Waals surface area contributed by atoms with Gasteiger partial charge in [0.15, 0.2) is 5.60 Å². The summed E-state index contributed by atoms with van der Waals surface area (Å²) in [5, 5.41) is 0.0510. The average molecular weight is 284 g/mol. The Labute approximate surface area is 123 Å². The van der Waals surface area contributed by atoms with E-state index in [2.05, 4.69) is 0 Å². The minimum absolute atomic E-state index is 0.0510. The molecule has 3 heteroatoms. The Morgan fingerprint density at radius 2 is 1.50 bits per heavy atom. The minimum atomic E-state index is -0.755. The van der Waals surface area contributed by atoms with Crippen molar-refractivity contribution in [1.82, 2.24) is 0 Å². The first kappa shape index (κ1) is 13.4. The van der Waals surface area contributed by atoms with Crippen LogP contribution in [0.15, 0.2) is 65.6 Å². The third-order valence-electron chi connectivity index (χ3n) is 3.94. The molecule has 0 N–H and O–H groups in total. The van der Waals surface area contributed by atoms with Gasteiger partial charge in [0.25, 0.3) is 0 Å². The lowest BCUT2D eigenvalue weighted by Gasteiger charge is -2.11. The quantitative estimate of drug-likeness (QED) is 0.630. The second kappa shape index (κ2) is 4.76. The fourth-order valence-corrected chi connectivity index (χ4v) is 3.34. The van der Waals surface area contributed by atoms with Crippen molar-refractivity contribution < 1.29 is 9.53 Å². The molecule has 1 fully saturated rings. The molecule has 1 aliphatic rings. The molecule has 0 saturated carbocycles. The maximum absolute atomic E-state index is 12.5. The van der Waals surface area contributed by atoms with Crippen LogP contribution >= 0.6 is 11.8 Å². The molecule has 2 nitrogen and oxygen atoms in total. The van der Waals surface area contributed by atoms with E-state index in [1.165, 1.54) is 11.8 Å². The SMILES string of the molecule is C[C@]1(C(=O)Sc2ccccc2)O[C@]1(C)c1ccccc1. The van der Waals surface area contributed by atoms with Gasteiger partial charge in [0, 0.05) is 4.90 Å². The zero-order chi connectivity index (χ0) is 14.2. The highest BCUT2D eigenvalue weighted by Crippen LogP contribution is 2.57. The number of rotatable bonds is 3. The summed E-state index contributed by atoms with van der Waals surface area (Å²) in [5.41, 5.74) is -0.230. The van der Waals surface area contributed by atoms with Gasteiger partial charge >= 0.3 is 0 Å². The monoisotopic (exact) mass is 284 g/mol. The minimum Gasteiger partial charge on any atom is -0.349 e. The molecule has 2 aromatic carbocycles. The van der Waals surface area contributed by atoms with Gasteiger partial charge in [0.2, 0.25) is 5.12 Å². The van der Waals surface area contributed by atoms with Gasteiger partial charge in [-0.2, -0.15) is 0 Å². The van der Waals surface area contributed by atoms with Crippen molar-refractivity contribution in [3.63, 3.8) is 0 Å². The van der Waals surface area contributed by atoms with Crippen LogP contribution in [0.5, 0.6) is 0 Å². The topological polar surface area (TPSA) is 29.6 Å². The number of thioether (sulfide) groups is 1. The summed E-state index contributed by atoms with van der Waals surface area (Å²) >= 11 is 1.25. The number of hydrogen-bond donors (Lipinski definition) is 0. The summed E-state index contributed by atoms with van der Waals surface area (Å²) in [7, 11) is 0. The van der Waals surface area contributed by atoms with Crippen LogP contribution in [0.3, 0.4) is 0 Å². The van der Waals surface area contributed by atoms with E-state index in [9.17, 15) is 4.79 Å². The number of ether oxygens (including phenoxy) is 1. The highest BCUT2D eigenvalue weighted by atomic mass is 32.2. The summed E-state index contributed by atoms with van der Waals surface area (Å²) in [6.07, 6.45) is 0. The van der Waals surface area contributed by atoms with Crippen molar-refractivity contribution >= 4 is 16.9 Å². The first-order chi connectivity index (χ1) is 9.56. The molecule has 3 rings (SSSR count). The molecule has 0 spiro atoms. The van der Waals surface area contributed by atoms with Crippen molar-refractivity contribution in [1.29, 1.82) is 0 Å². The Balaban J connectivity index is 1.80. The second-order valence-electron chi connectivity index (χ2n) is 5.24. The largest absolute Gasteiger partial charge is 0.349 e. The standard InChI is InChI=1S/C17H16O2S/c1-16(13-9-5-3-6-10-13)17(2,19-16)15(18)20-14-11-7-4-8-12-14/h3-12H,1-2H3/t16-,17-/m1/s1. The number of benzene rings is 2. The maximum atomic E-state index is 12.5. The fourth-order valence-electron chi connectivity index (χ4n) is 2.40. The van der Waals surface area contributed by atoms with Crippen LogP contribution in [0, 0.1) is 0 Å². The zero-order valence-corrected chi connectivity index (χ0v) is 12.3. The van der Waals surface area contributed by atoms with Crippen molar-refractivity contribution in [2.45, 2.75) is 29.9 Å². The summed E-state index contributed by atoms with van der Waals surface area (Å²) in [6.45, 7) is 3.85. The molecule has 0 aromatic heterocycles. The van der Waals surface area contributed by atoms with E-state index in [0.717, 1.165) is 10.5 Å². The molecular formula is C17H16O2S. The van der Waals surface area contributed by atoms with Crippen LogP contribution in [0.25, 0.3) is 0 Å². The molecule has 1 heterocycles. The van der Waals surface area contributed by atoms with Gasteiger partial charge in [-0.1, -0.05) is 48.5 Å². The first-order valence-corrected chi connectivity index (χ1v) is 7.41. The van der Waals surface area contributed by atoms with E-state index in [1.807, 2.05) is 74.5 Å². The molecule has 0 radical (unpaired) electrons. The van der Waals surface area contributed by atoms with Crippen molar-refractivity contribution in [2.75, 3.05) is 0 Å². The van der Waals surface area contributed by atoms with Crippen LogP contribution in [0.1, 0.15) is 19.4 Å². The molecule has 1 saturated heterocycles. The molecule has 102 valence electrons. The number of epoxide rings is 1. The van der Waals surface area contributed by atoms with Gasteiger partial charge in [-0.3, -0.25) is 4.79 Å². The van der Waals surface area contributed by atoms with E-state index in [-0.39, 0.29) is 5.12 Å². The van der Waals surface area contributed by atoms with E-state index in [0.29, 0.717) is 0 Å². The second-order valence-corrected chi connectivity index (χ2v) is 6.28. The highest BCUT2D eigenvalue weighted by molar-refractivity contribution is 8.13. The van der Waals surface area contributed by atoms with Crippen LogP contribution in [0.2, 0.25) is 0 Å². The lowest BCUT2D eigenvalue weighted by Crippen LogP contribution is -2.25. The van der Waals surface area contributed by atoms with Gasteiger partial charge < -0.3 is 4.74 Å². The number of carbonyl (C=O) groups excluding carboxylic acids is 1. The molecule has 1 aliphatic heterocycles. The maximum Gasteiger partial charge on any atom is 0.228 e. The predicted octanol–water partition coefficient (Wildman–Crippen LogP) is 4.01. The normalized spacial score (nSPS) is 28.1. The Hall–Kier alpha value is -1.58. The molecule has 2 atom stereocenters. The lowest BCUT2D eigenvalue weighted by atomic mass is 9.90. The lowest BCUT2D eigenvalue weighted by molar-refractivity contribution is -0.115. The van der Waals surface area contributed by atoms with Crippen LogP contribution in [-0.4, -0.2) is 10.7 Å². The summed E-state index contributed by atoms with van der Waals surface area (Å²) in [5.74, 6) is 0. The Kier molecular flexibility index (Phi) is 3.19. The molecule has 2 aromatic rings. The smallest absolute Gasteiger partial charge is 0.228 e. The Morgan fingerprint density at radius 1 is 0.950 bits per heavy atom. The van der Waals surface area contributed by atoms with E-state index < -0.39 is 11.2 Å². The van der Waals surface area contributed by atoms with Crippen LogP contribution in [-0.2, 0) is 15.1 Å². The first-order valence-electron chi connectivity index (χ1n) is 6.59. The van der Waals surface area contributed by atoms with Crippen LogP contribution < -0.4 is 0 Å². The van der Waals surface area contributed by atoms with Gasteiger partial charge in [-0.25, -0.2) is 0 Å². The number of carbonyl (C=O) groups is 1. The predicted molar refractivity (Wildman–Crippen MR) is 80.6 cm³/mol. The van der Waals surface area contributed by atoms with Crippen molar-refractivity contribution in [3.05, 3.63) is 66.2 Å². The number of hydrogen-bond acceptors (Lipinski definition) is 3. The van der Waals surface area contributed by atoms with Gasteiger partial charge in [-0.05, 0) is 43.3 Å². The van der Waals surface area contributed by atoms with E-state index in [4.69, 9.17) is 4.74 Å². The summed E-state index contributed by atoms with van der Waals surface area (Å²) in [6, 6.07) is 19.6. The molecular weight excluding hydrogens is 268 g/mol. The van der Waals surface area contributed by atoms with Gasteiger partial charge in [0.05, 0.1) is 0 Å². The van der Waals surface area contributed by atoms with Crippen molar-refractivity contribution in [2.24, 2.45) is 0 Å². The van der Waals surface area contributed by atoms with E-state index >= 15 is 0 Å². The summed E-state index contributed by atoms with van der Waals surface area (Å²) < 4.78 is 5.84. The Bertz CT molecular complexity index is 626. The molecule has 0 aliphatic carbocycles. The summed E-state index contributed by atoms with van der Waals surface area (Å²) in [4.78, 5) is 13.5. The van der Waals surface area contributed by atoms with Crippen molar-refractivity contribution in [3.8, 4) is 0 Å². The third kappa shape index (κ3) is 2.07.